The summed E-state index contributed by atoms with van der Waals surface area (Å²) < 4.78 is 20.2. The van der Waals surface area contributed by atoms with Crippen molar-refractivity contribution in [3.8, 4) is 11.8 Å². The van der Waals surface area contributed by atoms with E-state index in [-0.39, 0.29) is 30.2 Å². The van der Waals surface area contributed by atoms with Gasteiger partial charge in [0.25, 0.3) is 0 Å². The second-order valence-electron chi connectivity index (χ2n) is 10.9. The summed E-state index contributed by atoms with van der Waals surface area (Å²) in [5.74, 6) is 0.183. The standard InChI is InChI=1S/C26H37FN4O2/c1-8-17-9-16(2)10-18(11-25(3,4)15-28)31(17)21(32)12-26(5,6)19-13-29-24-22(19)23(27)20(33-7)14-30-24/h13-14,16-18H,8-12H2,1-7H3,(H,29,30). The molecule has 1 amide bonds. The molecule has 6 nitrogen and oxygen atoms in total. The molecule has 33 heavy (non-hydrogen) atoms. The number of amides is 1. The summed E-state index contributed by atoms with van der Waals surface area (Å²) in [6, 6.07) is 2.58. The molecule has 7 heteroatoms. The summed E-state index contributed by atoms with van der Waals surface area (Å²) in [4.78, 5) is 23.2. The summed E-state index contributed by atoms with van der Waals surface area (Å²) in [5.41, 5.74) is 0.0229. The zero-order valence-electron chi connectivity index (χ0n) is 21.0. The quantitative estimate of drug-likeness (QED) is 0.577. The van der Waals surface area contributed by atoms with E-state index >= 15 is 4.39 Å². The van der Waals surface area contributed by atoms with Gasteiger partial charge in [-0.2, -0.15) is 5.26 Å². The minimum absolute atomic E-state index is 0.0260. The van der Waals surface area contributed by atoms with Gasteiger partial charge in [0.2, 0.25) is 5.91 Å². The van der Waals surface area contributed by atoms with Crippen LogP contribution in [0.25, 0.3) is 11.0 Å². The first-order valence-corrected chi connectivity index (χ1v) is 11.9. The summed E-state index contributed by atoms with van der Waals surface area (Å²) in [6.45, 7) is 12.2. The van der Waals surface area contributed by atoms with Gasteiger partial charge in [-0.1, -0.05) is 27.7 Å². The molecule has 0 spiro atoms. The Morgan fingerprint density at radius 2 is 2.00 bits per heavy atom. The van der Waals surface area contributed by atoms with Crippen LogP contribution in [-0.2, 0) is 10.2 Å². The number of pyridine rings is 1. The second kappa shape index (κ2) is 9.32. The number of fused-ring (bicyclic) bond motifs is 1. The minimum atomic E-state index is -0.624. The van der Waals surface area contributed by atoms with Crippen molar-refractivity contribution >= 4 is 16.9 Å². The zero-order chi connectivity index (χ0) is 24.6. The maximum Gasteiger partial charge on any atom is 0.223 e. The van der Waals surface area contributed by atoms with Gasteiger partial charge in [-0.3, -0.25) is 4.79 Å². The lowest BCUT2D eigenvalue weighted by molar-refractivity contribution is -0.141. The Morgan fingerprint density at radius 1 is 1.33 bits per heavy atom. The van der Waals surface area contributed by atoms with Crippen LogP contribution in [0.4, 0.5) is 4.39 Å². The smallest absolute Gasteiger partial charge is 0.223 e. The van der Waals surface area contributed by atoms with Crippen molar-refractivity contribution in [2.24, 2.45) is 11.3 Å². The Morgan fingerprint density at radius 3 is 2.61 bits per heavy atom. The van der Waals surface area contributed by atoms with Crippen LogP contribution in [0.2, 0.25) is 0 Å². The Hall–Kier alpha value is -2.62. The molecule has 0 aliphatic carbocycles. The molecule has 1 aliphatic heterocycles. The van der Waals surface area contributed by atoms with Crippen molar-refractivity contribution in [2.45, 2.75) is 91.1 Å². The lowest BCUT2D eigenvalue weighted by atomic mass is 9.76. The van der Waals surface area contributed by atoms with E-state index in [0.29, 0.717) is 28.9 Å². The zero-order valence-corrected chi connectivity index (χ0v) is 21.0. The number of halogens is 1. The Labute approximate surface area is 196 Å². The van der Waals surface area contributed by atoms with E-state index in [2.05, 4.69) is 29.9 Å². The number of carbonyl (C=O) groups is 1. The third kappa shape index (κ3) is 5.00. The molecule has 0 aromatic carbocycles. The van der Waals surface area contributed by atoms with Crippen LogP contribution in [0.3, 0.4) is 0 Å². The number of ether oxygens (including phenoxy) is 1. The van der Waals surface area contributed by atoms with E-state index in [1.807, 2.05) is 32.6 Å². The fourth-order valence-corrected chi connectivity index (χ4v) is 5.42. The predicted octanol–water partition coefficient (Wildman–Crippen LogP) is 5.72. The predicted molar refractivity (Wildman–Crippen MR) is 127 cm³/mol. The normalized spacial score (nSPS) is 21.8. The average Bonchev–Trinajstić information content (AvgIpc) is 3.19. The van der Waals surface area contributed by atoms with Crippen LogP contribution in [0.5, 0.6) is 5.75 Å². The van der Waals surface area contributed by atoms with Crippen molar-refractivity contribution in [3.05, 3.63) is 23.8 Å². The van der Waals surface area contributed by atoms with Crippen LogP contribution in [0.15, 0.2) is 12.4 Å². The van der Waals surface area contributed by atoms with Crippen LogP contribution < -0.4 is 4.74 Å². The van der Waals surface area contributed by atoms with E-state index in [1.165, 1.54) is 13.3 Å². The number of methoxy groups -OCH3 is 1. The van der Waals surface area contributed by atoms with Gasteiger partial charge in [0.15, 0.2) is 11.6 Å². The molecular weight excluding hydrogens is 419 g/mol. The molecule has 1 aliphatic rings. The molecule has 2 aromatic heterocycles. The topological polar surface area (TPSA) is 82.0 Å². The van der Waals surface area contributed by atoms with Crippen molar-refractivity contribution in [1.29, 1.82) is 5.26 Å². The largest absolute Gasteiger partial charge is 0.492 e. The summed E-state index contributed by atoms with van der Waals surface area (Å²) in [6.07, 6.45) is 6.75. The number of nitrogens with zero attached hydrogens (tertiary/aromatic N) is 3. The van der Waals surface area contributed by atoms with Crippen LogP contribution in [0.1, 0.15) is 79.2 Å². The summed E-state index contributed by atoms with van der Waals surface area (Å²) >= 11 is 0. The maximum atomic E-state index is 15.1. The van der Waals surface area contributed by atoms with Crippen molar-refractivity contribution in [3.63, 3.8) is 0 Å². The van der Waals surface area contributed by atoms with Gasteiger partial charge in [-0.15, -0.1) is 0 Å². The number of aromatic nitrogens is 2. The first-order valence-electron chi connectivity index (χ1n) is 11.9. The minimum Gasteiger partial charge on any atom is -0.492 e. The lowest BCUT2D eigenvalue weighted by Gasteiger charge is -2.47. The second-order valence-corrected chi connectivity index (χ2v) is 10.9. The number of hydrogen-bond acceptors (Lipinski definition) is 4. The third-order valence-corrected chi connectivity index (χ3v) is 7.09. The number of H-pyrrole nitrogens is 1. The molecule has 1 saturated heterocycles. The molecule has 2 aromatic rings. The first-order chi connectivity index (χ1) is 15.4. The van der Waals surface area contributed by atoms with Gasteiger partial charge in [-0.25, -0.2) is 9.37 Å². The fourth-order valence-electron chi connectivity index (χ4n) is 5.42. The van der Waals surface area contributed by atoms with Gasteiger partial charge in [0.1, 0.15) is 5.65 Å². The molecule has 180 valence electrons. The number of piperidine rings is 1. The summed E-state index contributed by atoms with van der Waals surface area (Å²) in [7, 11) is 1.41. The van der Waals surface area contributed by atoms with E-state index in [1.54, 1.807) is 6.20 Å². The van der Waals surface area contributed by atoms with Crippen molar-refractivity contribution < 1.29 is 13.9 Å². The van der Waals surface area contributed by atoms with Gasteiger partial charge in [0, 0.05) is 30.1 Å². The van der Waals surface area contributed by atoms with Gasteiger partial charge >= 0.3 is 0 Å². The molecule has 3 heterocycles. The Kier molecular flexibility index (Phi) is 7.07. The van der Waals surface area contributed by atoms with E-state index in [0.717, 1.165) is 19.3 Å². The van der Waals surface area contributed by atoms with E-state index < -0.39 is 16.6 Å². The average molecular weight is 457 g/mol. The number of rotatable bonds is 7. The van der Waals surface area contributed by atoms with Crippen LogP contribution in [-0.4, -0.2) is 40.0 Å². The summed E-state index contributed by atoms with van der Waals surface area (Å²) in [5, 5.41) is 9.98. The highest BCUT2D eigenvalue weighted by Gasteiger charge is 2.41. The monoisotopic (exact) mass is 456 g/mol. The molecule has 0 saturated carbocycles. The van der Waals surface area contributed by atoms with Crippen LogP contribution >= 0.6 is 0 Å². The highest BCUT2D eigenvalue weighted by atomic mass is 19.1. The molecule has 1 fully saturated rings. The van der Waals surface area contributed by atoms with E-state index in [9.17, 15) is 10.1 Å². The van der Waals surface area contributed by atoms with E-state index in [4.69, 9.17) is 4.74 Å². The van der Waals surface area contributed by atoms with Crippen molar-refractivity contribution in [2.75, 3.05) is 7.11 Å². The van der Waals surface area contributed by atoms with Crippen molar-refractivity contribution in [1.82, 2.24) is 14.9 Å². The van der Waals surface area contributed by atoms with Gasteiger partial charge in [0.05, 0.1) is 30.2 Å². The number of aromatic amines is 1. The number of likely N-dealkylation sites (tertiary alicyclic amines) is 1. The number of nitriles is 1. The number of nitrogens with one attached hydrogen (secondary N) is 1. The molecule has 0 bridgehead atoms. The molecular formula is C26H37FN4O2. The highest BCUT2D eigenvalue weighted by Crippen LogP contribution is 2.40. The Balaban J connectivity index is 1.94. The third-order valence-electron chi connectivity index (χ3n) is 7.09. The van der Waals surface area contributed by atoms with Gasteiger partial charge in [-0.05, 0) is 51.0 Å². The molecule has 3 atom stereocenters. The molecule has 3 unspecified atom stereocenters. The SMILES string of the molecule is CCC1CC(C)CC(CC(C)(C)C#N)N1C(=O)CC(C)(C)c1c[nH]c2ncc(OC)c(F)c12. The first kappa shape index (κ1) is 25.0. The Bertz CT molecular complexity index is 1050. The number of hydrogen-bond donors (Lipinski definition) is 1. The maximum absolute atomic E-state index is 15.1. The molecule has 0 radical (unpaired) electrons. The lowest BCUT2D eigenvalue weighted by Crippen LogP contribution is -2.53. The number of carbonyl (C=O) groups excluding carboxylic acids is 1. The molecule has 3 rings (SSSR count). The van der Waals surface area contributed by atoms with Crippen LogP contribution in [0, 0.1) is 28.5 Å². The highest BCUT2D eigenvalue weighted by molar-refractivity contribution is 5.85. The fraction of sp³-hybridized carbons (Fsp3) is 0.654. The van der Waals surface area contributed by atoms with Gasteiger partial charge < -0.3 is 14.6 Å². The molecule has 1 N–H and O–H groups in total.